The summed E-state index contributed by atoms with van der Waals surface area (Å²) in [6.07, 6.45) is 4.99. The molecule has 0 saturated carbocycles. The predicted molar refractivity (Wildman–Crippen MR) is 90.6 cm³/mol. The van der Waals surface area contributed by atoms with E-state index in [9.17, 15) is 9.90 Å². The number of benzene rings is 1. The van der Waals surface area contributed by atoms with Gasteiger partial charge in [-0.15, -0.1) is 0 Å². The van der Waals surface area contributed by atoms with Gasteiger partial charge in [0, 0.05) is 24.7 Å². The highest BCUT2D eigenvalue weighted by Crippen LogP contribution is 2.24. The number of nitrogens with zero attached hydrogens (tertiary/aromatic N) is 2. The van der Waals surface area contributed by atoms with Crippen molar-refractivity contribution in [3.05, 3.63) is 27.3 Å². The molecule has 0 spiro atoms. The first-order valence-electron chi connectivity index (χ1n) is 7.67. The average molecular weight is 400 g/mol. The quantitative estimate of drug-likeness (QED) is 0.777. The van der Waals surface area contributed by atoms with Crippen molar-refractivity contribution in [2.75, 3.05) is 26.2 Å². The van der Waals surface area contributed by atoms with Gasteiger partial charge in [-0.2, -0.15) is 0 Å². The second-order valence-corrected chi connectivity index (χ2v) is 7.12. The predicted octanol–water partition coefficient (Wildman–Crippen LogP) is 2.70. The van der Waals surface area contributed by atoms with Crippen molar-refractivity contribution in [3.63, 3.8) is 0 Å². The second kappa shape index (κ2) is 6.52. The molecule has 1 atom stereocenters. The molecule has 1 aromatic rings. The van der Waals surface area contributed by atoms with Crippen LogP contribution >= 0.6 is 22.6 Å². The Morgan fingerprint density at radius 2 is 1.95 bits per heavy atom. The molecule has 21 heavy (non-hydrogen) atoms. The first-order valence-corrected chi connectivity index (χ1v) is 8.75. The van der Waals surface area contributed by atoms with Crippen LogP contribution in [-0.4, -0.2) is 53.0 Å². The van der Waals surface area contributed by atoms with E-state index < -0.39 is 0 Å². The van der Waals surface area contributed by atoms with E-state index in [1.165, 1.54) is 32.4 Å². The standard InChI is InChI=1S/C16H21IN2O2/c17-14-5-4-12(10-15(14)20)16(21)19-9-6-13(11-19)18-7-2-1-3-8-18/h4-5,10,13,20H,1-3,6-9,11H2. The minimum absolute atomic E-state index is 0.0428. The molecule has 2 saturated heterocycles. The van der Waals surface area contributed by atoms with Crippen LogP contribution in [0.4, 0.5) is 0 Å². The maximum Gasteiger partial charge on any atom is 0.254 e. The number of carbonyl (C=O) groups is 1. The van der Waals surface area contributed by atoms with Crippen molar-refractivity contribution in [3.8, 4) is 5.75 Å². The maximum absolute atomic E-state index is 12.5. The van der Waals surface area contributed by atoms with Crippen molar-refractivity contribution in [1.82, 2.24) is 9.80 Å². The van der Waals surface area contributed by atoms with E-state index in [0.29, 0.717) is 11.6 Å². The summed E-state index contributed by atoms with van der Waals surface area (Å²) in [6, 6.07) is 5.70. The molecule has 5 heteroatoms. The van der Waals surface area contributed by atoms with Gasteiger partial charge in [-0.25, -0.2) is 0 Å². The van der Waals surface area contributed by atoms with Crippen molar-refractivity contribution >= 4 is 28.5 Å². The molecular weight excluding hydrogens is 379 g/mol. The maximum atomic E-state index is 12.5. The topological polar surface area (TPSA) is 43.8 Å². The summed E-state index contributed by atoms with van der Waals surface area (Å²) in [5.41, 5.74) is 0.590. The van der Waals surface area contributed by atoms with Gasteiger partial charge in [-0.3, -0.25) is 9.69 Å². The molecule has 0 aliphatic carbocycles. The van der Waals surface area contributed by atoms with Crippen LogP contribution in [0.15, 0.2) is 18.2 Å². The molecule has 2 fully saturated rings. The third-order valence-electron chi connectivity index (χ3n) is 4.55. The molecule has 2 aliphatic heterocycles. The van der Waals surface area contributed by atoms with Gasteiger partial charge in [0.2, 0.25) is 0 Å². The fourth-order valence-corrected chi connectivity index (χ4v) is 3.67. The molecule has 1 aromatic carbocycles. The minimum atomic E-state index is 0.0428. The van der Waals surface area contributed by atoms with Crippen LogP contribution in [0.5, 0.6) is 5.75 Å². The summed E-state index contributed by atoms with van der Waals surface area (Å²) in [5, 5.41) is 9.76. The van der Waals surface area contributed by atoms with Gasteiger partial charge in [-0.05, 0) is 73.1 Å². The van der Waals surface area contributed by atoms with Crippen molar-refractivity contribution in [1.29, 1.82) is 0 Å². The lowest BCUT2D eigenvalue weighted by Gasteiger charge is -2.32. The number of piperidine rings is 1. The van der Waals surface area contributed by atoms with E-state index in [4.69, 9.17) is 0 Å². The molecule has 0 aromatic heterocycles. The number of halogens is 1. The van der Waals surface area contributed by atoms with Crippen LogP contribution in [0.2, 0.25) is 0 Å². The number of phenols is 1. The van der Waals surface area contributed by atoms with Crippen LogP contribution in [0.1, 0.15) is 36.0 Å². The zero-order valence-corrected chi connectivity index (χ0v) is 14.3. The summed E-state index contributed by atoms with van der Waals surface area (Å²) < 4.78 is 0.775. The van der Waals surface area contributed by atoms with E-state index in [0.717, 1.165) is 23.1 Å². The van der Waals surface area contributed by atoms with Crippen LogP contribution in [0.25, 0.3) is 0 Å². The highest BCUT2D eigenvalue weighted by atomic mass is 127. The Kier molecular flexibility index (Phi) is 4.69. The third kappa shape index (κ3) is 3.34. The number of hydrogen-bond acceptors (Lipinski definition) is 3. The smallest absolute Gasteiger partial charge is 0.254 e. The molecule has 1 amide bonds. The normalized spacial score (nSPS) is 23.5. The van der Waals surface area contributed by atoms with Crippen LogP contribution in [0, 0.1) is 3.57 Å². The van der Waals surface area contributed by atoms with Gasteiger partial charge in [0.25, 0.3) is 5.91 Å². The van der Waals surface area contributed by atoms with E-state index in [2.05, 4.69) is 27.5 Å². The Morgan fingerprint density at radius 1 is 1.19 bits per heavy atom. The summed E-state index contributed by atoms with van der Waals surface area (Å²) in [7, 11) is 0. The number of aromatic hydroxyl groups is 1. The zero-order valence-electron chi connectivity index (χ0n) is 12.1. The molecular formula is C16H21IN2O2. The third-order valence-corrected chi connectivity index (χ3v) is 5.46. The zero-order chi connectivity index (χ0) is 14.8. The van der Waals surface area contributed by atoms with Gasteiger partial charge in [0.05, 0.1) is 3.57 Å². The van der Waals surface area contributed by atoms with E-state index in [-0.39, 0.29) is 11.7 Å². The fourth-order valence-electron chi connectivity index (χ4n) is 3.34. The van der Waals surface area contributed by atoms with Crippen molar-refractivity contribution in [2.45, 2.75) is 31.7 Å². The lowest BCUT2D eigenvalue weighted by molar-refractivity contribution is 0.0771. The van der Waals surface area contributed by atoms with Gasteiger partial charge < -0.3 is 10.0 Å². The molecule has 3 rings (SSSR count). The van der Waals surface area contributed by atoms with Gasteiger partial charge in [0.1, 0.15) is 5.75 Å². The van der Waals surface area contributed by atoms with Crippen LogP contribution in [-0.2, 0) is 0 Å². The van der Waals surface area contributed by atoms with Crippen LogP contribution in [0.3, 0.4) is 0 Å². The lowest BCUT2D eigenvalue weighted by atomic mass is 10.1. The molecule has 1 N–H and O–H groups in total. The summed E-state index contributed by atoms with van der Waals surface area (Å²) in [6.45, 7) is 4.01. The SMILES string of the molecule is O=C(c1ccc(I)c(O)c1)N1CCC(N2CCCCC2)C1. The monoisotopic (exact) mass is 400 g/mol. The number of rotatable bonds is 2. The second-order valence-electron chi connectivity index (χ2n) is 5.96. The summed E-state index contributed by atoms with van der Waals surface area (Å²) in [5.74, 6) is 0.231. The molecule has 1 unspecified atom stereocenters. The lowest BCUT2D eigenvalue weighted by Crippen LogP contribution is -2.41. The van der Waals surface area contributed by atoms with Gasteiger partial charge >= 0.3 is 0 Å². The number of carbonyl (C=O) groups excluding carboxylic acids is 1. The molecule has 2 heterocycles. The number of hydrogen-bond donors (Lipinski definition) is 1. The first-order chi connectivity index (χ1) is 10.1. The molecule has 2 aliphatic rings. The highest BCUT2D eigenvalue weighted by Gasteiger charge is 2.31. The van der Waals surface area contributed by atoms with Gasteiger partial charge in [0.15, 0.2) is 0 Å². The van der Waals surface area contributed by atoms with E-state index >= 15 is 0 Å². The summed E-state index contributed by atoms with van der Waals surface area (Å²) in [4.78, 5) is 17.0. The number of phenolic OH excluding ortho intramolecular Hbond substituents is 1. The Bertz CT molecular complexity index is 529. The van der Waals surface area contributed by atoms with E-state index in [1.54, 1.807) is 18.2 Å². The number of likely N-dealkylation sites (tertiary alicyclic amines) is 2. The van der Waals surface area contributed by atoms with Crippen molar-refractivity contribution < 1.29 is 9.90 Å². The Morgan fingerprint density at radius 3 is 2.67 bits per heavy atom. The molecule has 0 bridgehead atoms. The van der Waals surface area contributed by atoms with Crippen molar-refractivity contribution in [2.24, 2.45) is 0 Å². The Labute approximate surface area is 139 Å². The highest BCUT2D eigenvalue weighted by molar-refractivity contribution is 14.1. The first kappa shape index (κ1) is 15.1. The van der Waals surface area contributed by atoms with Crippen LogP contribution < -0.4 is 0 Å². The molecule has 0 radical (unpaired) electrons. The minimum Gasteiger partial charge on any atom is -0.507 e. The van der Waals surface area contributed by atoms with Gasteiger partial charge in [-0.1, -0.05) is 6.42 Å². The Balaban J connectivity index is 1.64. The van der Waals surface area contributed by atoms with E-state index in [1.807, 2.05) is 4.90 Å². The number of amides is 1. The molecule has 114 valence electrons. The average Bonchev–Trinajstić information content (AvgIpc) is 3.00. The summed E-state index contributed by atoms with van der Waals surface area (Å²) >= 11 is 2.06. The molecule has 4 nitrogen and oxygen atoms in total. The fraction of sp³-hybridized carbons (Fsp3) is 0.562. The largest absolute Gasteiger partial charge is 0.507 e. The Hall–Kier alpha value is -0.820.